The molecule has 2 heterocycles. The number of nitrogens with zero attached hydrogens (tertiary/aromatic N) is 3. The maximum atomic E-state index is 11.9. The van der Waals surface area contributed by atoms with E-state index in [-0.39, 0.29) is 17.1 Å². The monoisotopic (exact) mass is 437 g/mol. The molecule has 30 heavy (non-hydrogen) atoms. The fraction of sp³-hybridized carbons (Fsp3) is 0.120. The first-order valence-corrected chi connectivity index (χ1v) is 9.51. The van der Waals surface area contributed by atoms with E-state index >= 15 is 0 Å². The zero-order valence-corrected chi connectivity index (χ0v) is 17.6. The van der Waals surface area contributed by atoms with E-state index in [0.29, 0.717) is 13.1 Å². The van der Waals surface area contributed by atoms with Gasteiger partial charge in [-0.05, 0) is 24.3 Å². The molecule has 0 saturated heterocycles. The van der Waals surface area contributed by atoms with Gasteiger partial charge in [0.05, 0.1) is 0 Å². The fourth-order valence-electron chi connectivity index (χ4n) is 2.72. The van der Waals surface area contributed by atoms with Crippen molar-refractivity contribution in [2.24, 2.45) is 0 Å². The fourth-order valence-corrected chi connectivity index (χ4v) is 2.72. The molecule has 0 aliphatic rings. The van der Waals surface area contributed by atoms with Crippen LogP contribution < -0.4 is 5.11 Å². The predicted molar refractivity (Wildman–Crippen MR) is 114 cm³/mol. The van der Waals surface area contributed by atoms with E-state index in [9.17, 15) is 5.11 Å². The first-order valence-electron chi connectivity index (χ1n) is 9.51. The van der Waals surface area contributed by atoms with Crippen molar-refractivity contribution < 1.29 is 22.2 Å². The number of pyridine rings is 2. The Kier molecular flexibility index (Phi) is 10.5. The number of hydrogen-bond acceptors (Lipinski definition) is 3. The maximum Gasteiger partial charge on any atom is 2.00 e. The van der Waals surface area contributed by atoms with Gasteiger partial charge >= 0.3 is 17.1 Å². The molecular formula is C25H23FeN3O. The molecule has 2 aromatic carbocycles. The van der Waals surface area contributed by atoms with E-state index in [2.05, 4.69) is 15.3 Å². The molecule has 0 spiro atoms. The van der Waals surface area contributed by atoms with Crippen molar-refractivity contribution in [2.45, 2.75) is 19.2 Å². The molecule has 0 atom stereocenters. The van der Waals surface area contributed by atoms with Crippen LogP contribution in [0.1, 0.15) is 28.6 Å². The van der Waals surface area contributed by atoms with Crippen LogP contribution >= 0.6 is 0 Å². The summed E-state index contributed by atoms with van der Waals surface area (Å²) in [7, 11) is 0. The van der Waals surface area contributed by atoms with Gasteiger partial charge in [-0.15, -0.1) is 13.1 Å². The van der Waals surface area contributed by atoms with E-state index in [4.69, 9.17) is 0 Å². The SMILES string of the molecule is [Fe+2].[O-]C(c1ccccc1)c1ccccc1.c1ccc(C[N-]Cc2ccccn2)nc1. The average Bonchev–Trinajstić information content (AvgIpc) is 2.82. The summed E-state index contributed by atoms with van der Waals surface area (Å²) in [6, 6.07) is 30.6. The normalized spacial score (nSPS) is 9.93. The minimum Gasteiger partial charge on any atom is -0.845 e. The molecule has 4 aromatic rings. The van der Waals surface area contributed by atoms with E-state index in [0.717, 1.165) is 22.5 Å². The van der Waals surface area contributed by atoms with Gasteiger partial charge in [0.1, 0.15) is 0 Å². The first-order chi connectivity index (χ1) is 14.3. The van der Waals surface area contributed by atoms with Crippen LogP contribution in [-0.2, 0) is 30.2 Å². The van der Waals surface area contributed by atoms with Gasteiger partial charge in [-0.25, -0.2) is 0 Å². The predicted octanol–water partition coefficient (Wildman–Crippen LogP) is 4.68. The van der Waals surface area contributed by atoms with Gasteiger partial charge in [0.25, 0.3) is 0 Å². The Morgan fingerprint density at radius 3 is 1.37 bits per heavy atom. The van der Waals surface area contributed by atoms with Crippen molar-refractivity contribution in [3.63, 3.8) is 0 Å². The molecular weight excluding hydrogens is 414 g/mol. The third-order valence-corrected chi connectivity index (χ3v) is 4.20. The number of hydrogen-bond donors (Lipinski definition) is 0. The minimum absolute atomic E-state index is 0. The van der Waals surface area contributed by atoms with Gasteiger partial charge < -0.3 is 10.4 Å². The Hall–Kier alpha value is -2.82. The summed E-state index contributed by atoms with van der Waals surface area (Å²) >= 11 is 0. The summed E-state index contributed by atoms with van der Waals surface area (Å²) in [4.78, 5) is 8.39. The van der Waals surface area contributed by atoms with Crippen LogP contribution in [0.3, 0.4) is 0 Å². The molecule has 0 bridgehead atoms. The third-order valence-electron chi connectivity index (χ3n) is 4.20. The van der Waals surface area contributed by atoms with Gasteiger partial charge in [0.2, 0.25) is 0 Å². The Bertz CT molecular complexity index is 860. The topological polar surface area (TPSA) is 62.9 Å². The smallest absolute Gasteiger partial charge is 0.845 e. The summed E-state index contributed by atoms with van der Waals surface area (Å²) in [6.07, 6.45) is 2.80. The molecule has 0 aliphatic carbocycles. The summed E-state index contributed by atoms with van der Waals surface area (Å²) < 4.78 is 0. The van der Waals surface area contributed by atoms with Gasteiger partial charge in [-0.2, -0.15) is 0 Å². The number of rotatable bonds is 6. The Balaban J connectivity index is 0.000000207. The van der Waals surface area contributed by atoms with Crippen LogP contribution in [0, 0.1) is 0 Å². The van der Waals surface area contributed by atoms with Crippen LogP contribution in [0.2, 0.25) is 0 Å². The third kappa shape index (κ3) is 7.90. The Labute approximate surface area is 188 Å². The zero-order chi connectivity index (χ0) is 20.2. The van der Waals surface area contributed by atoms with E-state index in [1.165, 1.54) is 0 Å². The van der Waals surface area contributed by atoms with E-state index in [1.54, 1.807) is 12.4 Å². The van der Waals surface area contributed by atoms with Crippen molar-refractivity contribution in [2.75, 3.05) is 0 Å². The standard InChI is InChI=1S/C13H11O.C12H12N3.Fe/c14-13(11-7-3-1-4-8-11)12-9-5-2-6-10-12;1-3-7-14-11(5-1)9-13-10-12-6-2-4-8-15-12;/h1-10,13H;1-8H,9-10H2;/q2*-1;+2. The summed E-state index contributed by atoms with van der Waals surface area (Å²) in [5, 5.41) is 16.3. The van der Waals surface area contributed by atoms with Crippen molar-refractivity contribution in [3.05, 3.63) is 137 Å². The molecule has 4 nitrogen and oxygen atoms in total. The van der Waals surface area contributed by atoms with E-state index in [1.807, 2.05) is 97.1 Å². The summed E-state index contributed by atoms with van der Waals surface area (Å²) in [5.74, 6) is 0. The van der Waals surface area contributed by atoms with Gasteiger partial charge in [0, 0.05) is 23.8 Å². The summed E-state index contributed by atoms with van der Waals surface area (Å²) in [6.45, 7) is 1.30. The van der Waals surface area contributed by atoms with Crippen LogP contribution in [0.4, 0.5) is 0 Å². The van der Waals surface area contributed by atoms with Crippen LogP contribution in [0.15, 0.2) is 109 Å². The molecule has 0 radical (unpaired) electrons. The second-order valence-corrected chi connectivity index (χ2v) is 6.38. The second-order valence-electron chi connectivity index (χ2n) is 6.38. The van der Waals surface area contributed by atoms with E-state index < -0.39 is 6.10 Å². The molecule has 0 aliphatic heterocycles. The van der Waals surface area contributed by atoms with Crippen LogP contribution in [-0.4, -0.2) is 9.97 Å². The molecule has 0 amide bonds. The minimum atomic E-state index is -0.766. The molecule has 2 aromatic heterocycles. The Morgan fingerprint density at radius 1 is 0.600 bits per heavy atom. The molecule has 0 N–H and O–H groups in total. The van der Waals surface area contributed by atoms with Crippen molar-refractivity contribution in [3.8, 4) is 0 Å². The Morgan fingerprint density at radius 2 is 1.00 bits per heavy atom. The molecule has 4 rings (SSSR count). The molecule has 5 heteroatoms. The largest absolute Gasteiger partial charge is 2.00 e. The molecule has 0 fully saturated rings. The average molecular weight is 437 g/mol. The van der Waals surface area contributed by atoms with Crippen LogP contribution in [0.25, 0.3) is 5.32 Å². The van der Waals surface area contributed by atoms with Crippen molar-refractivity contribution in [1.82, 2.24) is 9.97 Å². The molecule has 0 unspecified atom stereocenters. The summed E-state index contributed by atoms with van der Waals surface area (Å²) in [5.41, 5.74) is 3.62. The second kappa shape index (κ2) is 13.4. The van der Waals surface area contributed by atoms with Gasteiger partial charge in [-0.3, -0.25) is 9.97 Å². The quantitative estimate of drug-likeness (QED) is 0.412. The van der Waals surface area contributed by atoms with Gasteiger partial charge in [0.15, 0.2) is 0 Å². The maximum absolute atomic E-state index is 11.9. The molecule has 0 saturated carbocycles. The number of aromatic nitrogens is 2. The molecule has 152 valence electrons. The van der Waals surface area contributed by atoms with Gasteiger partial charge in [-0.1, -0.05) is 90.0 Å². The first kappa shape index (κ1) is 23.5. The van der Waals surface area contributed by atoms with Crippen molar-refractivity contribution >= 4 is 0 Å². The van der Waals surface area contributed by atoms with Crippen molar-refractivity contribution in [1.29, 1.82) is 0 Å². The number of benzene rings is 2. The van der Waals surface area contributed by atoms with Crippen LogP contribution in [0.5, 0.6) is 0 Å². The zero-order valence-electron chi connectivity index (χ0n) is 16.5.